The molecule has 0 aromatic heterocycles. The summed E-state index contributed by atoms with van der Waals surface area (Å²) in [5.41, 5.74) is 7.55. The summed E-state index contributed by atoms with van der Waals surface area (Å²) in [4.78, 5) is 15.5. The van der Waals surface area contributed by atoms with Crippen LogP contribution in [0.4, 0.5) is 0 Å². The van der Waals surface area contributed by atoms with Gasteiger partial charge in [0.05, 0.1) is 0 Å². The number of carbonyl (C=O) groups excluding carboxylic acids is 1. The lowest BCUT2D eigenvalue weighted by Crippen LogP contribution is -2.51. The summed E-state index contributed by atoms with van der Waals surface area (Å²) < 4.78 is 0. The summed E-state index contributed by atoms with van der Waals surface area (Å²) >= 11 is 0. The van der Waals surface area contributed by atoms with Crippen molar-refractivity contribution in [2.24, 2.45) is 11.1 Å². The van der Waals surface area contributed by atoms with Crippen LogP contribution in [-0.2, 0) is 11.3 Å². The molecule has 148 valence electrons. The van der Waals surface area contributed by atoms with Crippen LogP contribution >= 0.6 is 0 Å². The molecule has 1 amide bonds. The SMILES string of the molecule is NCC1(CC(=O)NC2CC3CCC(C2)N3Cc2ccccc2)CCCCC1. The van der Waals surface area contributed by atoms with Crippen LogP contribution in [0.5, 0.6) is 0 Å². The molecule has 1 aliphatic carbocycles. The van der Waals surface area contributed by atoms with Crippen molar-refractivity contribution in [3.8, 4) is 0 Å². The Bertz CT molecular complexity index is 612. The van der Waals surface area contributed by atoms with Crippen molar-refractivity contribution in [3.63, 3.8) is 0 Å². The third kappa shape index (κ3) is 4.38. The molecule has 1 aromatic carbocycles. The smallest absolute Gasteiger partial charge is 0.220 e. The van der Waals surface area contributed by atoms with E-state index in [0.717, 1.165) is 32.2 Å². The number of nitrogens with one attached hydrogen (secondary N) is 1. The summed E-state index contributed by atoms with van der Waals surface area (Å²) in [6.07, 6.45) is 11.4. The van der Waals surface area contributed by atoms with E-state index in [-0.39, 0.29) is 11.3 Å². The van der Waals surface area contributed by atoms with E-state index in [4.69, 9.17) is 5.73 Å². The summed E-state index contributed by atoms with van der Waals surface area (Å²) in [6.45, 7) is 1.70. The highest BCUT2D eigenvalue weighted by atomic mass is 16.1. The maximum Gasteiger partial charge on any atom is 0.220 e. The number of fused-ring (bicyclic) bond motifs is 2. The van der Waals surface area contributed by atoms with Gasteiger partial charge in [0.2, 0.25) is 5.91 Å². The van der Waals surface area contributed by atoms with E-state index < -0.39 is 0 Å². The predicted octanol–water partition coefficient (Wildman–Crippen LogP) is 3.60. The first kappa shape index (κ1) is 18.9. The molecular formula is C23H35N3O. The van der Waals surface area contributed by atoms with Crippen molar-refractivity contribution in [2.45, 2.75) is 88.9 Å². The van der Waals surface area contributed by atoms with Gasteiger partial charge < -0.3 is 11.1 Å². The van der Waals surface area contributed by atoms with E-state index in [0.29, 0.717) is 31.1 Å². The third-order valence-electron chi connectivity index (χ3n) is 7.34. The molecule has 2 saturated heterocycles. The molecule has 2 aliphatic heterocycles. The van der Waals surface area contributed by atoms with Crippen molar-refractivity contribution < 1.29 is 4.79 Å². The van der Waals surface area contributed by atoms with Crippen LogP contribution in [0.3, 0.4) is 0 Å². The minimum absolute atomic E-state index is 0.0648. The van der Waals surface area contributed by atoms with Gasteiger partial charge in [0.25, 0.3) is 0 Å². The fourth-order valence-electron chi connectivity index (χ4n) is 5.82. The molecule has 3 fully saturated rings. The Balaban J connectivity index is 1.31. The molecule has 2 bridgehead atoms. The monoisotopic (exact) mass is 369 g/mol. The molecule has 4 heteroatoms. The second-order valence-corrected chi connectivity index (χ2v) is 9.22. The number of hydrogen-bond donors (Lipinski definition) is 2. The van der Waals surface area contributed by atoms with Crippen LogP contribution in [-0.4, -0.2) is 35.5 Å². The number of benzene rings is 1. The summed E-state index contributed by atoms with van der Waals surface area (Å²) in [7, 11) is 0. The molecule has 3 N–H and O–H groups in total. The van der Waals surface area contributed by atoms with Crippen molar-refractivity contribution in [3.05, 3.63) is 35.9 Å². The Morgan fingerprint density at radius 3 is 2.37 bits per heavy atom. The van der Waals surface area contributed by atoms with Crippen LogP contribution in [0.2, 0.25) is 0 Å². The number of nitrogens with two attached hydrogens (primary N) is 1. The fraction of sp³-hybridized carbons (Fsp3) is 0.696. The van der Waals surface area contributed by atoms with Crippen LogP contribution in [0, 0.1) is 5.41 Å². The molecule has 3 aliphatic rings. The Labute approximate surface area is 163 Å². The first-order valence-corrected chi connectivity index (χ1v) is 11.0. The number of amides is 1. The lowest BCUT2D eigenvalue weighted by atomic mass is 9.71. The zero-order chi connectivity index (χ0) is 18.7. The van der Waals surface area contributed by atoms with Crippen molar-refractivity contribution in [1.29, 1.82) is 0 Å². The lowest BCUT2D eigenvalue weighted by molar-refractivity contribution is -0.125. The first-order chi connectivity index (χ1) is 13.2. The molecule has 0 radical (unpaired) electrons. The maximum atomic E-state index is 12.8. The fourth-order valence-corrected chi connectivity index (χ4v) is 5.82. The summed E-state index contributed by atoms with van der Waals surface area (Å²) in [5.74, 6) is 0.239. The minimum Gasteiger partial charge on any atom is -0.353 e. The maximum absolute atomic E-state index is 12.8. The minimum atomic E-state index is 0.0648. The molecular weight excluding hydrogens is 334 g/mol. The van der Waals surface area contributed by atoms with E-state index in [1.807, 2.05) is 0 Å². The average molecular weight is 370 g/mol. The van der Waals surface area contributed by atoms with Gasteiger partial charge >= 0.3 is 0 Å². The van der Waals surface area contributed by atoms with Crippen molar-refractivity contribution in [2.75, 3.05) is 6.54 Å². The van der Waals surface area contributed by atoms with Gasteiger partial charge in [0.1, 0.15) is 0 Å². The number of piperidine rings is 1. The molecule has 27 heavy (non-hydrogen) atoms. The number of nitrogens with zero attached hydrogens (tertiary/aromatic N) is 1. The predicted molar refractivity (Wildman–Crippen MR) is 109 cm³/mol. The Hall–Kier alpha value is -1.39. The highest BCUT2D eigenvalue weighted by Crippen LogP contribution is 2.39. The molecule has 4 rings (SSSR count). The van der Waals surface area contributed by atoms with Gasteiger partial charge in [-0.25, -0.2) is 0 Å². The Morgan fingerprint density at radius 1 is 1.07 bits per heavy atom. The van der Waals surface area contributed by atoms with Crippen molar-refractivity contribution >= 4 is 5.91 Å². The van der Waals surface area contributed by atoms with E-state index >= 15 is 0 Å². The van der Waals surface area contributed by atoms with E-state index in [9.17, 15) is 4.79 Å². The molecule has 2 unspecified atom stereocenters. The van der Waals surface area contributed by atoms with Gasteiger partial charge in [-0.2, -0.15) is 0 Å². The van der Waals surface area contributed by atoms with Crippen LogP contribution in [0.1, 0.15) is 69.8 Å². The largest absolute Gasteiger partial charge is 0.353 e. The Kier molecular flexibility index (Phi) is 5.84. The average Bonchev–Trinajstić information content (AvgIpc) is 2.92. The first-order valence-electron chi connectivity index (χ1n) is 11.0. The van der Waals surface area contributed by atoms with E-state index in [1.54, 1.807) is 0 Å². The molecule has 4 nitrogen and oxygen atoms in total. The number of carbonyl (C=O) groups is 1. The van der Waals surface area contributed by atoms with Crippen LogP contribution in [0.15, 0.2) is 30.3 Å². The standard InChI is InChI=1S/C23H35N3O/c24-17-23(11-5-2-6-12-23)15-22(27)25-19-13-20-9-10-21(14-19)26(20)16-18-7-3-1-4-8-18/h1,3-4,7-8,19-21H,2,5-6,9-17,24H2,(H,25,27). The Morgan fingerprint density at radius 2 is 1.74 bits per heavy atom. The second-order valence-electron chi connectivity index (χ2n) is 9.22. The van der Waals surface area contributed by atoms with Gasteiger partial charge in [-0.1, -0.05) is 49.6 Å². The van der Waals surface area contributed by atoms with Crippen LogP contribution in [0.25, 0.3) is 0 Å². The third-order valence-corrected chi connectivity index (χ3v) is 7.34. The molecule has 1 saturated carbocycles. The molecule has 0 spiro atoms. The number of hydrogen-bond acceptors (Lipinski definition) is 3. The zero-order valence-corrected chi connectivity index (χ0v) is 16.5. The molecule has 2 atom stereocenters. The highest BCUT2D eigenvalue weighted by Gasteiger charge is 2.41. The summed E-state index contributed by atoms with van der Waals surface area (Å²) in [6, 6.07) is 12.4. The molecule has 2 heterocycles. The van der Waals surface area contributed by atoms with Gasteiger partial charge in [-0.3, -0.25) is 9.69 Å². The summed E-state index contributed by atoms with van der Waals surface area (Å²) in [5, 5.41) is 3.39. The van der Waals surface area contributed by atoms with Gasteiger partial charge in [0, 0.05) is 31.1 Å². The van der Waals surface area contributed by atoms with Gasteiger partial charge in [0.15, 0.2) is 0 Å². The van der Waals surface area contributed by atoms with Crippen LogP contribution < -0.4 is 11.1 Å². The van der Waals surface area contributed by atoms with Gasteiger partial charge in [-0.15, -0.1) is 0 Å². The molecule has 1 aromatic rings. The lowest BCUT2D eigenvalue weighted by Gasteiger charge is -2.40. The second kappa shape index (κ2) is 8.32. The van der Waals surface area contributed by atoms with E-state index in [1.165, 1.54) is 37.7 Å². The van der Waals surface area contributed by atoms with Gasteiger partial charge in [-0.05, 0) is 56.0 Å². The quantitative estimate of drug-likeness (QED) is 0.805. The number of rotatable bonds is 6. The zero-order valence-electron chi connectivity index (χ0n) is 16.5. The normalized spacial score (nSPS) is 30.2. The van der Waals surface area contributed by atoms with E-state index in [2.05, 4.69) is 40.5 Å². The van der Waals surface area contributed by atoms with Crippen molar-refractivity contribution in [1.82, 2.24) is 10.2 Å². The topological polar surface area (TPSA) is 58.4 Å². The highest BCUT2D eigenvalue weighted by molar-refractivity contribution is 5.77.